The Bertz CT molecular complexity index is 1280. The van der Waals surface area contributed by atoms with Gasteiger partial charge in [-0.2, -0.15) is 0 Å². The van der Waals surface area contributed by atoms with Gasteiger partial charge in [0.1, 0.15) is 5.75 Å². The zero-order valence-corrected chi connectivity index (χ0v) is 22.8. The van der Waals surface area contributed by atoms with E-state index in [1.165, 1.54) is 32.2 Å². The van der Waals surface area contributed by atoms with Crippen LogP contribution in [0.15, 0.2) is 71.1 Å². The molecule has 2 N–H and O–H groups in total. The second-order valence-corrected chi connectivity index (χ2v) is 8.34. The van der Waals surface area contributed by atoms with Crippen molar-refractivity contribution < 1.29 is 33.5 Å². The molecule has 2 aromatic rings. The molecule has 0 aromatic heterocycles. The Labute approximate surface area is 227 Å². The minimum Gasteiger partial charge on any atom is -0.494 e. The van der Waals surface area contributed by atoms with Crippen molar-refractivity contribution >= 4 is 29.2 Å². The molecule has 1 unspecified atom stereocenters. The van der Waals surface area contributed by atoms with Crippen molar-refractivity contribution in [2.45, 2.75) is 40.5 Å². The number of dihydropyridines is 1. The van der Waals surface area contributed by atoms with Crippen molar-refractivity contribution in [3.8, 4) is 5.75 Å². The van der Waals surface area contributed by atoms with Gasteiger partial charge >= 0.3 is 11.9 Å². The number of carbonyl (C=O) groups excluding carboxylic acids is 3. The SMILES string of the molecule is CCOC(=O)C1=C(C)NC(C)=C(C(=O)OC)C1c1cccc([N+](=O)[O-])c1.CCOc1ccc(NC(C)=O)cc1. The monoisotopic (exact) mass is 539 g/mol. The molecule has 0 spiro atoms. The lowest BCUT2D eigenvalue weighted by Crippen LogP contribution is -2.32. The Morgan fingerprint density at radius 2 is 1.59 bits per heavy atom. The minimum atomic E-state index is -0.831. The fraction of sp³-hybridized carbons (Fsp3) is 0.321. The lowest BCUT2D eigenvalue weighted by Gasteiger charge is -2.30. The molecule has 3 rings (SSSR count). The Morgan fingerprint density at radius 1 is 0.974 bits per heavy atom. The minimum absolute atomic E-state index is 0.0656. The van der Waals surface area contributed by atoms with E-state index in [1.54, 1.807) is 26.8 Å². The number of nitrogens with zero attached hydrogens (tertiary/aromatic N) is 1. The van der Waals surface area contributed by atoms with E-state index in [0.717, 1.165) is 11.4 Å². The zero-order chi connectivity index (χ0) is 29.1. The van der Waals surface area contributed by atoms with Gasteiger partial charge in [0.05, 0.1) is 42.3 Å². The number of nitrogens with one attached hydrogen (secondary N) is 2. The molecule has 1 atom stereocenters. The van der Waals surface area contributed by atoms with Crippen LogP contribution in [-0.2, 0) is 23.9 Å². The van der Waals surface area contributed by atoms with Crippen molar-refractivity contribution in [2.75, 3.05) is 25.6 Å². The number of non-ortho nitro benzene ring substituents is 1. The summed E-state index contributed by atoms with van der Waals surface area (Å²) in [5, 5.41) is 16.8. The molecule has 208 valence electrons. The summed E-state index contributed by atoms with van der Waals surface area (Å²) in [5.41, 5.74) is 2.55. The first kappa shape index (κ1) is 30.6. The molecule has 1 aliphatic rings. The van der Waals surface area contributed by atoms with Crippen LogP contribution in [0, 0.1) is 10.1 Å². The third-order valence-electron chi connectivity index (χ3n) is 5.56. The number of nitro benzene ring substituents is 1. The maximum Gasteiger partial charge on any atom is 0.336 e. The average Bonchev–Trinajstić information content (AvgIpc) is 2.89. The smallest absolute Gasteiger partial charge is 0.336 e. The first-order chi connectivity index (χ1) is 18.5. The van der Waals surface area contributed by atoms with Gasteiger partial charge in [-0.25, -0.2) is 9.59 Å². The number of methoxy groups -OCH3 is 1. The summed E-state index contributed by atoms with van der Waals surface area (Å²) < 4.78 is 15.3. The lowest BCUT2D eigenvalue weighted by atomic mass is 9.80. The number of nitro groups is 1. The molecule has 0 fully saturated rings. The summed E-state index contributed by atoms with van der Waals surface area (Å²) in [5.74, 6) is -1.30. The van der Waals surface area contributed by atoms with Crippen LogP contribution < -0.4 is 15.4 Å². The average molecular weight is 540 g/mol. The van der Waals surface area contributed by atoms with Gasteiger partial charge in [-0.05, 0) is 57.5 Å². The lowest BCUT2D eigenvalue weighted by molar-refractivity contribution is -0.384. The number of hydrogen-bond acceptors (Lipinski definition) is 9. The largest absolute Gasteiger partial charge is 0.494 e. The van der Waals surface area contributed by atoms with Gasteiger partial charge in [0, 0.05) is 36.1 Å². The highest BCUT2D eigenvalue weighted by molar-refractivity contribution is 5.99. The van der Waals surface area contributed by atoms with E-state index < -0.39 is 22.8 Å². The summed E-state index contributed by atoms with van der Waals surface area (Å²) in [6.07, 6.45) is 0. The molecule has 11 heteroatoms. The Kier molecular flexibility index (Phi) is 11.2. The maximum absolute atomic E-state index is 12.5. The van der Waals surface area contributed by atoms with Crippen molar-refractivity contribution in [2.24, 2.45) is 0 Å². The molecule has 11 nitrogen and oxygen atoms in total. The number of benzene rings is 2. The Balaban J connectivity index is 0.000000344. The predicted octanol–water partition coefficient (Wildman–Crippen LogP) is 4.61. The van der Waals surface area contributed by atoms with E-state index in [0.29, 0.717) is 23.6 Å². The topological polar surface area (TPSA) is 146 Å². The first-order valence-corrected chi connectivity index (χ1v) is 12.2. The van der Waals surface area contributed by atoms with Crippen LogP contribution in [0.1, 0.15) is 46.1 Å². The van der Waals surface area contributed by atoms with E-state index in [9.17, 15) is 24.5 Å². The van der Waals surface area contributed by atoms with Crippen LogP contribution >= 0.6 is 0 Å². The standard InChI is InChI=1S/C18H20N2O6.C10H13NO2/c1-5-26-18(22)15-11(3)19-10(2)14(17(21)25-4)16(15)12-7-6-8-13(9-12)20(23)24;1-3-13-10-6-4-9(5-7-10)11-8(2)12/h6-9,16,19H,5H2,1-4H3;4-7H,3H2,1-2H3,(H,11,12). The molecule has 0 bridgehead atoms. The molecule has 0 radical (unpaired) electrons. The van der Waals surface area contributed by atoms with Crippen molar-refractivity contribution in [3.05, 3.63) is 86.7 Å². The van der Waals surface area contributed by atoms with Gasteiger partial charge in [-0.1, -0.05) is 12.1 Å². The Hall–Kier alpha value is -4.67. The Morgan fingerprint density at radius 3 is 2.10 bits per heavy atom. The normalized spacial score (nSPS) is 14.4. The predicted molar refractivity (Wildman–Crippen MR) is 145 cm³/mol. The second kappa shape index (κ2) is 14.3. The molecule has 0 saturated carbocycles. The highest BCUT2D eigenvalue weighted by Crippen LogP contribution is 2.40. The van der Waals surface area contributed by atoms with Crippen LogP contribution in [-0.4, -0.2) is 43.1 Å². The number of carbonyl (C=O) groups is 3. The summed E-state index contributed by atoms with van der Waals surface area (Å²) in [7, 11) is 1.24. The number of amides is 1. The van der Waals surface area contributed by atoms with Crippen LogP contribution in [0.25, 0.3) is 0 Å². The maximum atomic E-state index is 12.5. The molecule has 1 heterocycles. The quantitative estimate of drug-likeness (QED) is 0.279. The van der Waals surface area contributed by atoms with Gasteiger partial charge < -0.3 is 24.8 Å². The van der Waals surface area contributed by atoms with Crippen LogP contribution in [0.2, 0.25) is 0 Å². The summed E-state index contributed by atoms with van der Waals surface area (Å²) in [6, 6.07) is 13.1. The molecule has 1 amide bonds. The highest BCUT2D eigenvalue weighted by atomic mass is 16.6. The number of rotatable bonds is 8. The number of allylic oxidation sites excluding steroid dienone is 2. The van der Waals surface area contributed by atoms with Crippen molar-refractivity contribution in [1.29, 1.82) is 0 Å². The number of esters is 2. The van der Waals surface area contributed by atoms with Crippen LogP contribution in [0.5, 0.6) is 5.75 Å². The van der Waals surface area contributed by atoms with Crippen LogP contribution in [0.3, 0.4) is 0 Å². The van der Waals surface area contributed by atoms with E-state index in [2.05, 4.69) is 10.6 Å². The molecule has 0 saturated heterocycles. The second-order valence-electron chi connectivity index (χ2n) is 8.34. The van der Waals surface area contributed by atoms with Gasteiger partial charge in [-0.3, -0.25) is 14.9 Å². The van der Waals surface area contributed by atoms with E-state index in [4.69, 9.17) is 14.2 Å². The molecular formula is C28H33N3O8. The number of anilines is 1. The van der Waals surface area contributed by atoms with E-state index in [-0.39, 0.29) is 29.3 Å². The number of hydrogen-bond donors (Lipinski definition) is 2. The van der Waals surface area contributed by atoms with Gasteiger partial charge in [0.25, 0.3) is 5.69 Å². The molecular weight excluding hydrogens is 506 g/mol. The summed E-state index contributed by atoms with van der Waals surface area (Å²) in [4.78, 5) is 46.2. The highest BCUT2D eigenvalue weighted by Gasteiger charge is 2.38. The summed E-state index contributed by atoms with van der Waals surface area (Å²) >= 11 is 0. The third-order valence-corrected chi connectivity index (χ3v) is 5.56. The molecule has 1 aliphatic heterocycles. The van der Waals surface area contributed by atoms with E-state index >= 15 is 0 Å². The van der Waals surface area contributed by atoms with Crippen molar-refractivity contribution in [1.82, 2.24) is 5.32 Å². The fourth-order valence-corrected chi connectivity index (χ4v) is 4.01. The van der Waals surface area contributed by atoms with Gasteiger partial charge in [-0.15, -0.1) is 0 Å². The van der Waals surface area contributed by atoms with Crippen molar-refractivity contribution in [3.63, 3.8) is 0 Å². The molecule has 2 aromatic carbocycles. The first-order valence-electron chi connectivity index (χ1n) is 12.2. The zero-order valence-electron chi connectivity index (χ0n) is 22.8. The fourth-order valence-electron chi connectivity index (χ4n) is 4.01. The molecule has 39 heavy (non-hydrogen) atoms. The van der Waals surface area contributed by atoms with Crippen LogP contribution in [0.4, 0.5) is 11.4 Å². The summed E-state index contributed by atoms with van der Waals surface area (Å²) in [6.45, 7) is 9.27. The molecule has 0 aliphatic carbocycles. The van der Waals surface area contributed by atoms with E-state index in [1.807, 2.05) is 31.2 Å². The van der Waals surface area contributed by atoms with Gasteiger partial charge in [0.2, 0.25) is 5.91 Å². The third kappa shape index (κ3) is 8.16. The van der Waals surface area contributed by atoms with Gasteiger partial charge in [0.15, 0.2) is 0 Å². The number of ether oxygens (including phenoxy) is 3.